The summed E-state index contributed by atoms with van der Waals surface area (Å²) in [6, 6.07) is 9.08. The summed E-state index contributed by atoms with van der Waals surface area (Å²) >= 11 is 0. The third-order valence-corrected chi connectivity index (χ3v) is 2.78. The van der Waals surface area contributed by atoms with Gasteiger partial charge < -0.3 is 0 Å². The highest BCUT2D eigenvalue weighted by atomic mass is 14.1. The molecular formula is C16H28. The minimum atomic E-state index is 0.695. The molecule has 0 aromatic heterocycles. The third-order valence-electron chi connectivity index (χ3n) is 2.78. The molecule has 1 aromatic rings. The Balaban J connectivity index is 0.00000106. The van der Waals surface area contributed by atoms with Gasteiger partial charge in [-0.3, -0.25) is 0 Å². The van der Waals surface area contributed by atoms with Crippen molar-refractivity contribution >= 4 is 0 Å². The van der Waals surface area contributed by atoms with Crippen LogP contribution in [0.3, 0.4) is 0 Å². The largest absolute Gasteiger partial charge is 0.0683 e. The lowest BCUT2D eigenvalue weighted by Crippen LogP contribution is -1.98. The summed E-state index contributed by atoms with van der Waals surface area (Å²) in [5.41, 5.74) is 2.92. The minimum absolute atomic E-state index is 0.695. The second kappa shape index (κ2) is 8.38. The monoisotopic (exact) mass is 220 g/mol. The lowest BCUT2D eigenvalue weighted by Gasteiger charge is -2.14. The molecule has 1 unspecified atom stereocenters. The van der Waals surface area contributed by atoms with Crippen LogP contribution in [0.25, 0.3) is 0 Å². The number of hydrogen-bond acceptors (Lipinski definition) is 0. The van der Waals surface area contributed by atoms with Crippen molar-refractivity contribution in [3.05, 3.63) is 35.4 Å². The Hall–Kier alpha value is -0.780. The minimum Gasteiger partial charge on any atom is -0.0683 e. The highest BCUT2D eigenvalue weighted by Crippen LogP contribution is 2.23. The van der Waals surface area contributed by atoms with Crippen LogP contribution in [-0.2, 0) is 6.42 Å². The lowest BCUT2D eigenvalue weighted by atomic mass is 9.91. The Morgan fingerprint density at radius 1 is 0.938 bits per heavy atom. The quantitative estimate of drug-likeness (QED) is 0.635. The summed E-state index contributed by atoms with van der Waals surface area (Å²) in [6.45, 7) is 13.1. The van der Waals surface area contributed by atoms with Crippen LogP contribution < -0.4 is 0 Å². The van der Waals surface area contributed by atoms with E-state index in [1.54, 1.807) is 0 Å². The molecule has 0 amide bonds. The number of aryl methyl sites for hydroxylation is 1. The first-order valence-electron chi connectivity index (χ1n) is 6.72. The van der Waals surface area contributed by atoms with E-state index in [2.05, 4.69) is 52.0 Å². The molecule has 0 nitrogen and oxygen atoms in total. The van der Waals surface area contributed by atoms with Crippen LogP contribution in [0.1, 0.15) is 65.0 Å². The van der Waals surface area contributed by atoms with Gasteiger partial charge in [-0.15, -0.1) is 0 Å². The predicted molar refractivity (Wildman–Crippen MR) is 75.0 cm³/mol. The zero-order chi connectivity index (χ0) is 12.6. The first-order valence-corrected chi connectivity index (χ1v) is 6.72. The van der Waals surface area contributed by atoms with Crippen LogP contribution in [0, 0.1) is 5.92 Å². The zero-order valence-corrected chi connectivity index (χ0v) is 11.9. The molecule has 16 heavy (non-hydrogen) atoms. The summed E-state index contributed by atoms with van der Waals surface area (Å²) in [5, 5.41) is 0. The fourth-order valence-corrected chi connectivity index (χ4v) is 1.93. The van der Waals surface area contributed by atoms with Crippen LogP contribution in [0.4, 0.5) is 0 Å². The van der Waals surface area contributed by atoms with Crippen LogP contribution in [0.2, 0.25) is 0 Å². The van der Waals surface area contributed by atoms with Gasteiger partial charge in [0.1, 0.15) is 0 Å². The SMILES string of the molecule is CC.CCc1ccc(C(C)CC(C)C)cc1. The summed E-state index contributed by atoms with van der Waals surface area (Å²) in [4.78, 5) is 0. The van der Waals surface area contributed by atoms with E-state index < -0.39 is 0 Å². The fourth-order valence-electron chi connectivity index (χ4n) is 1.93. The van der Waals surface area contributed by atoms with Crippen molar-refractivity contribution in [1.29, 1.82) is 0 Å². The van der Waals surface area contributed by atoms with Crippen LogP contribution in [-0.4, -0.2) is 0 Å². The van der Waals surface area contributed by atoms with Gasteiger partial charge in [0.05, 0.1) is 0 Å². The van der Waals surface area contributed by atoms with Gasteiger partial charge in [-0.2, -0.15) is 0 Å². The third kappa shape index (κ3) is 5.34. The Kier molecular flexibility index (Phi) is 7.97. The highest BCUT2D eigenvalue weighted by Gasteiger charge is 2.07. The average molecular weight is 220 g/mol. The highest BCUT2D eigenvalue weighted by molar-refractivity contribution is 5.24. The van der Waals surface area contributed by atoms with Crippen molar-refractivity contribution in [1.82, 2.24) is 0 Å². The van der Waals surface area contributed by atoms with Crippen molar-refractivity contribution in [2.45, 2.75) is 60.3 Å². The standard InChI is InChI=1S/C14H22.C2H6/c1-5-13-6-8-14(9-7-13)12(4)10-11(2)3;1-2/h6-9,11-12H,5,10H2,1-4H3;1-2H3. The number of rotatable bonds is 4. The van der Waals surface area contributed by atoms with E-state index >= 15 is 0 Å². The summed E-state index contributed by atoms with van der Waals surface area (Å²) in [5.74, 6) is 1.48. The molecule has 0 spiro atoms. The van der Waals surface area contributed by atoms with Crippen molar-refractivity contribution in [3.8, 4) is 0 Å². The second-order valence-corrected chi connectivity index (χ2v) is 4.63. The molecule has 0 saturated heterocycles. The molecule has 0 aliphatic heterocycles. The van der Waals surface area contributed by atoms with Crippen molar-refractivity contribution in [2.24, 2.45) is 5.92 Å². The van der Waals surface area contributed by atoms with E-state index in [1.165, 1.54) is 17.5 Å². The summed E-state index contributed by atoms with van der Waals surface area (Å²) < 4.78 is 0. The molecule has 0 heterocycles. The zero-order valence-electron chi connectivity index (χ0n) is 11.9. The number of benzene rings is 1. The molecule has 0 N–H and O–H groups in total. The maximum atomic E-state index is 2.32. The Labute approximate surface area is 102 Å². The van der Waals surface area contributed by atoms with Gasteiger partial charge in [0.25, 0.3) is 0 Å². The molecule has 1 rings (SSSR count). The molecule has 0 aliphatic carbocycles. The molecule has 1 aromatic carbocycles. The first kappa shape index (κ1) is 15.2. The van der Waals surface area contributed by atoms with Crippen LogP contribution >= 0.6 is 0 Å². The van der Waals surface area contributed by atoms with E-state index in [-0.39, 0.29) is 0 Å². The first-order chi connectivity index (χ1) is 7.63. The molecule has 1 atom stereocenters. The van der Waals surface area contributed by atoms with E-state index in [0.29, 0.717) is 5.92 Å². The van der Waals surface area contributed by atoms with Crippen molar-refractivity contribution in [3.63, 3.8) is 0 Å². The maximum Gasteiger partial charge on any atom is -0.0188 e. The molecule has 0 saturated carbocycles. The fraction of sp³-hybridized carbons (Fsp3) is 0.625. The Morgan fingerprint density at radius 3 is 1.81 bits per heavy atom. The predicted octanol–water partition coefficient (Wildman–Crippen LogP) is 5.42. The summed E-state index contributed by atoms with van der Waals surface area (Å²) in [7, 11) is 0. The van der Waals surface area contributed by atoms with E-state index in [0.717, 1.165) is 12.3 Å². The normalized spacial score (nSPS) is 11.9. The summed E-state index contributed by atoms with van der Waals surface area (Å²) in [6.07, 6.45) is 2.42. The second-order valence-electron chi connectivity index (χ2n) is 4.63. The Morgan fingerprint density at radius 2 is 1.44 bits per heavy atom. The lowest BCUT2D eigenvalue weighted by molar-refractivity contribution is 0.523. The molecule has 92 valence electrons. The molecule has 0 heteroatoms. The molecule has 0 radical (unpaired) electrons. The van der Waals surface area contributed by atoms with Crippen molar-refractivity contribution < 1.29 is 0 Å². The van der Waals surface area contributed by atoms with E-state index in [4.69, 9.17) is 0 Å². The maximum absolute atomic E-state index is 2.32. The van der Waals surface area contributed by atoms with Gasteiger partial charge in [-0.25, -0.2) is 0 Å². The smallest absolute Gasteiger partial charge is 0.0188 e. The van der Waals surface area contributed by atoms with Crippen molar-refractivity contribution in [2.75, 3.05) is 0 Å². The van der Waals surface area contributed by atoms with E-state index in [9.17, 15) is 0 Å². The average Bonchev–Trinajstić information content (AvgIpc) is 2.31. The molecule has 0 aliphatic rings. The number of hydrogen-bond donors (Lipinski definition) is 0. The van der Waals surface area contributed by atoms with E-state index in [1.807, 2.05) is 13.8 Å². The van der Waals surface area contributed by atoms with Gasteiger partial charge >= 0.3 is 0 Å². The van der Waals surface area contributed by atoms with Crippen LogP contribution in [0.15, 0.2) is 24.3 Å². The van der Waals surface area contributed by atoms with Gasteiger partial charge in [-0.05, 0) is 35.8 Å². The van der Waals surface area contributed by atoms with Gasteiger partial charge in [0, 0.05) is 0 Å². The molecular weight excluding hydrogens is 192 g/mol. The molecule has 0 bridgehead atoms. The van der Waals surface area contributed by atoms with Gasteiger partial charge in [0.2, 0.25) is 0 Å². The molecule has 0 fully saturated rings. The van der Waals surface area contributed by atoms with Crippen LogP contribution in [0.5, 0.6) is 0 Å². The topological polar surface area (TPSA) is 0 Å². The van der Waals surface area contributed by atoms with Gasteiger partial charge in [0.15, 0.2) is 0 Å². The van der Waals surface area contributed by atoms with Gasteiger partial charge in [-0.1, -0.05) is 65.8 Å². The Bertz CT molecular complexity index is 256.